The van der Waals surface area contributed by atoms with Crippen LogP contribution in [0.4, 0.5) is 4.79 Å². The molecule has 2 amide bonds. The van der Waals surface area contributed by atoms with Gasteiger partial charge in [0.15, 0.2) is 0 Å². The molecule has 2 rings (SSSR count). The molecule has 0 aliphatic carbocycles. The van der Waals surface area contributed by atoms with Crippen LogP contribution in [0, 0.1) is 5.92 Å². The number of benzene rings is 1. The summed E-state index contributed by atoms with van der Waals surface area (Å²) in [6.07, 6.45) is 1.69. The smallest absolute Gasteiger partial charge is 0.315 e. The van der Waals surface area contributed by atoms with Gasteiger partial charge < -0.3 is 15.4 Å². The van der Waals surface area contributed by atoms with Gasteiger partial charge in [0.1, 0.15) is 0 Å². The van der Waals surface area contributed by atoms with Crippen LogP contribution in [0.3, 0.4) is 0 Å². The first-order chi connectivity index (χ1) is 11.1. The molecule has 0 spiro atoms. The van der Waals surface area contributed by atoms with Gasteiger partial charge in [-0.2, -0.15) is 0 Å². The monoisotopic (exact) mass is 313 g/mol. The van der Waals surface area contributed by atoms with E-state index >= 15 is 0 Å². The SMILES string of the molecule is COc1ccc(CNC(=O)N[C@H](c2ccccc2)C(C)C)cn1. The number of amides is 2. The molecule has 0 aliphatic heterocycles. The van der Waals surface area contributed by atoms with E-state index < -0.39 is 0 Å². The average molecular weight is 313 g/mol. The molecule has 0 radical (unpaired) electrons. The molecule has 0 unspecified atom stereocenters. The highest BCUT2D eigenvalue weighted by Crippen LogP contribution is 2.21. The Morgan fingerprint density at radius 3 is 2.48 bits per heavy atom. The first-order valence-electron chi connectivity index (χ1n) is 7.68. The Bertz CT molecular complexity index is 612. The molecule has 122 valence electrons. The summed E-state index contributed by atoms with van der Waals surface area (Å²) in [5.74, 6) is 0.855. The number of carbonyl (C=O) groups excluding carboxylic acids is 1. The predicted octanol–water partition coefficient (Wildman–Crippen LogP) is 3.29. The highest BCUT2D eigenvalue weighted by Gasteiger charge is 2.17. The summed E-state index contributed by atoms with van der Waals surface area (Å²) in [5, 5.41) is 5.89. The van der Waals surface area contributed by atoms with E-state index in [0.29, 0.717) is 18.3 Å². The lowest BCUT2D eigenvalue weighted by Crippen LogP contribution is -2.39. The van der Waals surface area contributed by atoms with Gasteiger partial charge in [-0.25, -0.2) is 9.78 Å². The predicted molar refractivity (Wildman–Crippen MR) is 90.2 cm³/mol. The Balaban J connectivity index is 1.91. The van der Waals surface area contributed by atoms with Gasteiger partial charge in [-0.1, -0.05) is 50.2 Å². The number of pyridine rings is 1. The van der Waals surface area contributed by atoms with E-state index in [-0.39, 0.29) is 12.1 Å². The molecule has 0 fully saturated rings. The molecular weight excluding hydrogens is 290 g/mol. The number of hydrogen-bond acceptors (Lipinski definition) is 3. The summed E-state index contributed by atoms with van der Waals surface area (Å²) in [6, 6.07) is 13.4. The van der Waals surface area contributed by atoms with Gasteiger partial charge in [0, 0.05) is 18.8 Å². The van der Waals surface area contributed by atoms with Crippen molar-refractivity contribution >= 4 is 6.03 Å². The number of urea groups is 1. The van der Waals surface area contributed by atoms with E-state index in [1.54, 1.807) is 19.4 Å². The summed E-state index contributed by atoms with van der Waals surface area (Å²) in [4.78, 5) is 16.3. The first kappa shape index (κ1) is 16.8. The zero-order chi connectivity index (χ0) is 16.7. The van der Waals surface area contributed by atoms with Gasteiger partial charge in [-0.15, -0.1) is 0 Å². The number of methoxy groups -OCH3 is 1. The number of aromatic nitrogens is 1. The summed E-state index contributed by atoms with van der Waals surface area (Å²) in [6.45, 7) is 4.60. The lowest BCUT2D eigenvalue weighted by molar-refractivity contribution is 0.232. The maximum absolute atomic E-state index is 12.2. The molecule has 1 aromatic heterocycles. The van der Waals surface area contributed by atoms with Crippen LogP contribution in [0.1, 0.15) is 31.0 Å². The van der Waals surface area contributed by atoms with Crippen LogP contribution in [-0.4, -0.2) is 18.1 Å². The van der Waals surface area contributed by atoms with Crippen molar-refractivity contribution in [1.82, 2.24) is 15.6 Å². The van der Waals surface area contributed by atoms with E-state index in [1.165, 1.54) is 0 Å². The topological polar surface area (TPSA) is 63.2 Å². The Labute approximate surface area is 137 Å². The summed E-state index contributed by atoms with van der Waals surface area (Å²) >= 11 is 0. The zero-order valence-electron chi connectivity index (χ0n) is 13.7. The van der Waals surface area contributed by atoms with E-state index in [9.17, 15) is 4.79 Å². The summed E-state index contributed by atoms with van der Waals surface area (Å²) < 4.78 is 5.01. The highest BCUT2D eigenvalue weighted by molar-refractivity contribution is 5.74. The number of nitrogens with zero attached hydrogens (tertiary/aromatic N) is 1. The van der Waals surface area contributed by atoms with Crippen LogP contribution in [0.5, 0.6) is 5.88 Å². The number of ether oxygens (including phenoxy) is 1. The van der Waals surface area contributed by atoms with Gasteiger partial charge in [0.25, 0.3) is 0 Å². The van der Waals surface area contributed by atoms with Gasteiger partial charge >= 0.3 is 6.03 Å². The van der Waals surface area contributed by atoms with E-state index in [4.69, 9.17) is 4.74 Å². The Morgan fingerprint density at radius 1 is 1.17 bits per heavy atom. The number of rotatable bonds is 6. The van der Waals surface area contributed by atoms with Crippen molar-refractivity contribution in [3.05, 3.63) is 59.8 Å². The van der Waals surface area contributed by atoms with Crippen LogP contribution >= 0.6 is 0 Å². The van der Waals surface area contributed by atoms with Gasteiger partial charge in [-0.3, -0.25) is 0 Å². The first-order valence-corrected chi connectivity index (χ1v) is 7.68. The molecule has 5 nitrogen and oxygen atoms in total. The Hall–Kier alpha value is -2.56. The highest BCUT2D eigenvalue weighted by atomic mass is 16.5. The molecule has 1 heterocycles. The number of nitrogens with one attached hydrogen (secondary N) is 2. The third-order valence-corrected chi connectivity index (χ3v) is 3.57. The van der Waals surface area contributed by atoms with Crippen molar-refractivity contribution < 1.29 is 9.53 Å². The lowest BCUT2D eigenvalue weighted by Gasteiger charge is -2.23. The second-order valence-corrected chi connectivity index (χ2v) is 5.67. The molecule has 2 N–H and O–H groups in total. The fraction of sp³-hybridized carbons (Fsp3) is 0.333. The molecule has 23 heavy (non-hydrogen) atoms. The molecule has 0 saturated heterocycles. The van der Waals surface area contributed by atoms with Gasteiger partial charge in [0.05, 0.1) is 13.2 Å². The maximum Gasteiger partial charge on any atom is 0.315 e. The van der Waals surface area contributed by atoms with Gasteiger partial charge in [0.2, 0.25) is 5.88 Å². The van der Waals surface area contributed by atoms with Crippen molar-refractivity contribution in [2.24, 2.45) is 5.92 Å². The molecule has 2 aromatic rings. The van der Waals surface area contributed by atoms with E-state index in [0.717, 1.165) is 11.1 Å². The molecule has 1 atom stereocenters. The van der Waals surface area contributed by atoms with Crippen molar-refractivity contribution in [2.45, 2.75) is 26.4 Å². The van der Waals surface area contributed by atoms with Crippen LogP contribution in [0.25, 0.3) is 0 Å². The molecular formula is C18H23N3O2. The minimum absolute atomic E-state index is 0.0230. The van der Waals surface area contributed by atoms with Crippen LogP contribution in [0.2, 0.25) is 0 Å². The van der Waals surface area contributed by atoms with E-state index in [1.807, 2.05) is 36.4 Å². The number of hydrogen-bond donors (Lipinski definition) is 2. The van der Waals surface area contributed by atoms with Crippen molar-refractivity contribution in [2.75, 3.05) is 7.11 Å². The van der Waals surface area contributed by atoms with Crippen molar-refractivity contribution in [1.29, 1.82) is 0 Å². The largest absolute Gasteiger partial charge is 0.481 e. The normalized spacial score (nSPS) is 11.8. The minimum atomic E-state index is -0.191. The quantitative estimate of drug-likeness (QED) is 0.860. The average Bonchev–Trinajstić information content (AvgIpc) is 2.58. The third kappa shape index (κ3) is 4.98. The van der Waals surface area contributed by atoms with Crippen molar-refractivity contribution in [3.63, 3.8) is 0 Å². The summed E-state index contributed by atoms with van der Waals surface area (Å²) in [7, 11) is 1.57. The molecule has 5 heteroatoms. The molecule has 1 aromatic carbocycles. The Kier molecular flexibility index (Phi) is 5.97. The second kappa shape index (κ2) is 8.17. The van der Waals surface area contributed by atoms with Crippen molar-refractivity contribution in [3.8, 4) is 5.88 Å². The van der Waals surface area contributed by atoms with Crippen LogP contribution in [-0.2, 0) is 6.54 Å². The fourth-order valence-corrected chi connectivity index (χ4v) is 2.31. The zero-order valence-corrected chi connectivity index (χ0v) is 13.7. The maximum atomic E-state index is 12.2. The lowest BCUT2D eigenvalue weighted by atomic mass is 9.96. The third-order valence-electron chi connectivity index (χ3n) is 3.57. The fourth-order valence-electron chi connectivity index (χ4n) is 2.31. The number of carbonyl (C=O) groups is 1. The summed E-state index contributed by atoms with van der Waals surface area (Å²) in [5.41, 5.74) is 2.02. The standard InChI is InChI=1S/C18H23N3O2/c1-13(2)17(15-7-5-4-6-8-15)21-18(22)20-12-14-9-10-16(23-3)19-11-14/h4-11,13,17H,12H2,1-3H3,(H2,20,21,22)/t17-/m0/s1. The molecule has 0 saturated carbocycles. The second-order valence-electron chi connectivity index (χ2n) is 5.67. The van der Waals surface area contributed by atoms with Crippen LogP contribution in [0.15, 0.2) is 48.7 Å². The van der Waals surface area contributed by atoms with Crippen LogP contribution < -0.4 is 15.4 Å². The molecule has 0 aliphatic rings. The Morgan fingerprint density at radius 2 is 1.91 bits per heavy atom. The van der Waals surface area contributed by atoms with E-state index in [2.05, 4.69) is 29.5 Å². The minimum Gasteiger partial charge on any atom is -0.481 e. The molecule has 0 bridgehead atoms. The van der Waals surface area contributed by atoms with Gasteiger partial charge in [-0.05, 0) is 17.0 Å².